The third-order valence-corrected chi connectivity index (χ3v) is 13.0. The average molecular weight is 617 g/mol. The van der Waals surface area contributed by atoms with Crippen molar-refractivity contribution in [2.45, 2.75) is 147 Å². The van der Waals surface area contributed by atoms with Crippen LogP contribution in [0.4, 0.5) is 0 Å². The van der Waals surface area contributed by atoms with Gasteiger partial charge in [0, 0.05) is 31.1 Å². The zero-order chi connectivity index (χ0) is 30.8. The van der Waals surface area contributed by atoms with Crippen LogP contribution in [-0.2, 0) is 14.8 Å². The van der Waals surface area contributed by atoms with Gasteiger partial charge in [-0.05, 0) is 106 Å². The quantitative estimate of drug-likeness (QED) is 0.385. The second-order valence-electron chi connectivity index (χ2n) is 16.5. The molecule has 1 aromatic carbocycles. The van der Waals surface area contributed by atoms with Gasteiger partial charge in [0.05, 0.1) is 17.5 Å². The fourth-order valence-corrected chi connectivity index (χ4v) is 11.3. The Morgan fingerprint density at radius 3 is 2.42 bits per heavy atom. The minimum Gasteiger partial charge on any atom is -0.390 e. The van der Waals surface area contributed by atoms with Crippen LogP contribution < -0.4 is 15.4 Å². The molecule has 1 aromatic rings. The van der Waals surface area contributed by atoms with E-state index in [1.807, 2.05) is 6.92 Å². The molecule has 4 N–H and O–H groups in total. The van der Waals surface area contributed by atoms with Gasteiger partial charge in [-0.1, -0.05) is 45.4 Å². The van der Waals surface area contributed by atoms with E-state index >= 15 is 0 Å². The van der Waals surface area contributed by atoms with E-state index < -0.39 is 21.9 Å². The molecule has 242 valence electrons. The van der Waals surface area contributed by atoms with Crippen LogP contribution in [0.15, 0.2) is 18.2 Å². The molecule has 0 aromatic heterocycles. The van der Waals surface area contributed by atoms with Crippen LogP contribution in [0.1, 0.15) is 115 Å². The summed E-state index contributed by atoms with van der Waals surface area (Å²) < 4.78 is 37.5. The monoisotopic (exact) mass is 616 g/mol. The van der Waals surface area contributed by atoms with Crippen LogP contribution in [0.3, 0.4) is 0 Å². The van der Waals surface area contributed by atoms with Gasteiger partial charge in [0.2, 0.25) is 10.0 Å². The first kappa shape index (κ1) is 31.9. The highest BCUT2D eigenvalue weighted by molar-refractivity contribution is 7.90. The number of ether oxygens (including phenoxy) is 1. The molecule has 9 heteroatoms. The van der Waals surface area contributed by atoms with Crippen LogP contribution in [-0.4, -0.2) is 67.0 Å². The number of aryl methyl sites for hydroxylation is 2. The molecule has 6 rings (SSSR count). The highest BCUT2D eigenvalue weighted by Gasteiger charge is 2.59. The summed E-state index contributed by atoms with van der Waals surface area (Å²) in [6.45, 7) is 14.7. The number of hydrogen-bond acceptors (Lipinski definition) is 7. The summed E-state index contributed by atoms with van der Waals surface area (Å²) in [5, 5.41) is 17.2. The summed E-state index contributed by atoms with van der Waals surface area (Å²) in [7, 11) is -3.55. The summed E-state index contributed by atoms with van der Waals surface area (Å²) in [6, 6.07) is 7.04. The Bertz CT molecular complexity index is 1240. The zero-order valence-corrected chi connectivity index (χ0v) is 28.1. The summed E-state index contributed by atoms with van der Waals surface area (Å²) in [5.41, 5.74) is 3.55. The van der Waals surface area contributed by atoms with Crippen LogP contribution in [0, 0.1) is 30.6 Å². The molecule has 5 fully saturated rings. The van der Waals surface area contributed by atoms with Gasteiger partial charge in [-0.25, -0.2) is 8.42 Å². The van der Waals surface area contributed by atoms with E-state index in [1.165, 1.54) is 16.7 Å². The number of aliphatic hydroxyl groups is 1. The lowest BCUT2D eigenvalue weighted by molar-refractivity contribution is -0.185. The predicted molar refractivity (Wildman–Crippen MR) is 171 cm³/mol. The first-order chi connectivity index (χ1) is 20.1. The van der Waals surface area contributed by atoms with Gasteiger partial charge in [0.25, 0.3) is 0 Å². The van der Waals surface area contributed by atoms with Crippen LogP contribution in [0.2, 0.25) is 0 Å². The fourth-order valence-electron chi connectivity index (χ4n) is 9.63. The minimum atomic E-state index is -3.55. The van der Waals surface area contributed by atoms with Crippen LogP contribution >= 0.6 is 0 Å². The van der Waals surface area contributed by atoms with E-state index in [1.54, 1.807) is 0 Å². The largest absolute Gasteiger partial charge is 0.390 e. The number of sulfonamides is 1. The first-order valence-corrected chi connectivity index (χ1v) is 18.3. The lowest BCUT2D eigenvalue weighted by atomic mass is 9.48. The van der Waals surface area contributed by atoms with Gasteiger partial charge in [-0.15, -0.1) is 0 Å². The van der Waals surface area contributed by atoms with Gasteiger partial charge >= 0.3 is 0 Å². The maximum absolute atomic E-state index is 13.8. The van der Waals surface area contributed by atoms with Crippen molar-refractivity contribution in [1.29, 1.82) is 0 Å². The maximum Gasteiger partial charge on any atom is 0.216 e. The molecule has 0 amide bonds. The third-order valence-electron chi connectivity index (χ3n) is 11.1. The van der Waals surface area contributed by atoms with Crippen molar-refractivity contribution in [3.8, 4) is 0 Å². The van der Waals surface area contributed by atoms with Gasteiger partial charge < -0.3 is 9.84 Å². The van der Waals surface area contributed by atoms with E-state index in [2.05, 4.69) is 73.1 Å². The smallest absolute Gasteiger partial charge is 0.216 e. The number of nitrogens with one attached hydrogen (secondary N) is 3. The van der Waals surface area contributed by atoms with E-state index in [9.17, 15) is 13.5 Å². The van der Waals surface area contributed by atoms with E-state index in [-0.39, 0.29) is 34.4 Å². The topological polar surface area (TPSA) is 103 Å². The Hall–Kier alpha value is -1.07. The summed E-state index contributed by atoms with van der Waals surface area (Å²) in [6.07, 6.45) is 8.38. The Balaban J connectivity index is 1.31. The van der Waals surface area contributed by atoms with E-state index in [4.69, 9.17) is 4.74 Å². The number of fused-ring (bicyclic) bond motifs is 4. The standard InChI is InChI=1S/C34H56N4O4S/c1-22-9-7-10-23(2)30(22)28-14-29-36-31(35-28)37-43(40,41)27-12-8-11-24(13-27)18-38(26(19-42-29)15-32(3,4)5)25-16-34(17-25)20-33(6,39)21-34/h7,9-10,24-29,31,35-37,39H,8,11-21H2,1-6H3/t24?,25?,26-,27?,28?,29?,31?,33?,34?/m1/s1. The molecular weight excluding hydrogens is 560 g/mol. The molecule has 3 aliphatic carbocycles. The lowest BCUT2D eigenvalue weighted by Crippen LogP contribution is -2.65. The van der Waals surface area contributed by atoms with Crippen molar-refractivity contribution >= 4 is 10.0 Å². The van der Waals surface area contributed by atoms with Crippen molar-refractivity contribution in [3.63, 3.8) is 0 Å². The highest BCUT2D eigenvalue weighted by Crippen LogP contribution is 2.61. The van der Waals surface area contributed by atoms with Crippen LogP contribution in [0.25, 0.3) is 0 Å². The molecule has 1 spiro atoms. The molecule has 43 heavy (non-hydrogen) atoms. The molecule has 4 bridgehead atoms. The summed E-state index contributed by atoms with van der Waals surface area (Å²) in [4.78, 5) is 2.73. The summed E-state index contributed by atoms with van der Waals surface area (Å²) >= 11 is 0. The molecule has 3 saturated carbocycles. The molecule has 2 saturated heterocycles. The molecule has 8 nitrogen and oxygen atoms in total. The summed E-state index contributed by atoms with van der Waals surface area (Å²) in [5.74, 6) is 0.349. The molecule has 5 aliphatic rings. The Morgan fingerprint density at radius 2 is 1.77 bits per heavy atom. The number of hydrogen-bond donors (Lipinski definition) is 4. The van der Waals surface area contributed by atoms with Crippen molar-refractivity contribution in [3.05, 3.63) is 34.9 Å². The van der Waals surface area contributed by atoms with Gasteiger partial charge in [-0.2, -0.15) is 4.72 Å². The van der Waals surface area contributed by atoms with Crippen molar-refractivity contribution in [2.75, 3.05) is 13.2 Å². The molecule has 5 unspecified atom stereocenters. The van der Waals surface area contributed by atoms with Crippen LogP contribution in [0.5, 0.6) is 0 Å². The minimum absolute atomic E-state index is 0.0283. The molecule has 2 heterocycles. The molecular formula is C34H56N4O4S. The first-order valence-electron chi connectivity index (χ1n) is 16.8. The number of benzene rings is 1. The molecule has 6 atom stereocenters. The predicted octanol–water partition coefficient (Wildman–Crippen LogP) is 4.85. The SMILES string of the molecule is Cc1cccc(C)c1C1CC2NC(N1)NS(=O)(=O)C1CCCC(C1)CN(C1CC3(C1)CC(C)(O)C3)[C@H](CC(C)(C)C)CO2. The lowest BCUT2D eigenvalue weighted by Gasteiger charge is -2.63. The highest BCUT2D eigenvalue weighted by atomic mass is 32.2. The van der Waals surface area contributed by atoms with Gasteiger partial charge in [-0.3, -0.25) is 15.5 Å². The normalized spacial score (nSPS) is 42.2. The third kappa shape index (κ3) is 7.03. The molecule has 2 aliphatic heterocycles. The van der Waals surface area contributed by atoms with E-state index in [0.717, 1.165) is 57.9 Å². The number of rotatable bonds is 3. The Kier molecular flexibility index (Phi) is 8.62. The van der Waals surface area contributed by atoms with Gasteiger partial charge in [0.1, 0.15) is 12.5 Å². The second kappa shape index (κ2) is 11.6. The average Bonchev–Trinajstić information content (AvgIpc) is 2.86. The van der Waals surface area contributed by atoms with Gasteiger partial charge in [0.15, 0.2) is 0 Å². The van der Waals surface area contributed by atoms with E-state index in [0.29, 0.717) is 31.4 Å². The Morgan fingerprint density at radius 1 is 1.07 bits per heavy atom. The maximum atomic E-state index is 13.8. The van der Waals surface area contributed by atoms with Crippen molar-refractivity contribution in [2.24, 2.45) is 16.7 Å². The second-order valence-corrected chi connectivity index (χ2v) is 18.5. The Labute approximate surface area is 260 Å². The number of nitrogens with zero attached hydrogens (tertiary/aromatic N) is 1. The van der Waals surface area contributed by atoms with Crippen molar-refractivity contribution in [1.82, 2.24) is 20.3 Å². The molecule has 0 radical (unpaired) electrons. The zero-order valence-electron chi connectivity index (χ0n) is 27.3. The fraction of sp³-hybridized carbons (Fsp3) is 0.824. The van der Waals surface area contributed by atoms with Crippen molar-refractivity contribution < 1.29 is 18.3 Å².